The van der Waals surface area contributed by atoms with Crippen molar-refractivity contribution in [3.8, 4) is 0 Å². The van der Waals surface area contributed by atoms with Gasteiger partial charge in [-0.1, -0.05) is 0 Å². The Balaban J connectivity index is 1.95. The average molecular weight is 202 g/mol. The minimum atomic E-state index is -0.941. The Labute approximate surface area is 83.6 Å². The molecule has 0 aliphatic carbocycles. The van der Waals surface area contributed by atoms with Crippen molar-refractivity contribution in [1.82, 2.24) is 5.32 Å². The number of ether oxygens (including phenoxy) is 1. The molecule has 5 heteroatoms. The first-order chi connectivity index (χ1) is 6.70. The van der Waals surface area contributed by atoms with Gasteiger partial charge in [-0.15, -0.1) is 0 Å². The zero-order chi connectivity index (χ0) is 10.4. The van der Waals surface area contributed by atoms with Crippen LogP contribution in [0.15, 0.2) is 0 Å². The van der Waals surface area contributed by atoms with E-state index in [1.165, 1.54) is 0 Å². The zero-order valence-electron chi connectivity index (χ0n) is 8.24. The lowest BCUT2D eigenvalue weighted by Gasteiger charge is -2.11. The number of aliphatic carboxylic acids is 1. The van der Waals surface area contributed by atoms with Gasteiger partial charge in [-0.2, -0.15) is 0 Å². The molecule has 0 saturated carbocycles. The van der Waals surface area contributed by atoms with Gasteiger partial charge in [0.05, 0.1) is 6.10 Å². The van der Waals surface area contributed by atoms with Crippen molar-refractivity contribution in [2.24, 2.45) is 5.73 Å². The van der Waals surface area contributed by atoms with Gasteiger partial charge in [0.1, 0.15) is 6.04 Å². The molecule has 1 aliphatic rings. The third kappa shape index (κ3) is 4.04. The van der Waals surface area contributed by atoms with Gasteiger partial charge in [-0.3, -0.25) is 4.79 Å². The van der Waals surface area contributed by atoms with Gasteiger partial charge >= 0.3 is 5.97 Å². The average Bonchev–Trinajstić information content (AvgIpc) is 2.64. The van der Waals surface area contributed by atoms with Gasteiger partial charge in [-0.05, 0) is 25.8 Å². The van der Waals surface area contributed by atoms with E-state index in [1.807, 2.05) is 0 Å². The van der Waals surface area contributed by atoms with Crippen LogP contribution in [0.3, 0.4) is 0 Å². The third-order valence-electron chi connectivity index (χ3n) is 2.35. The van der Waals surface area contributed by atoms with E-state index in [2.05, 4.69) is 5.32 Å². The molecule has 0 aromatic carbocycles. The van der Waals surface area contributed by atoms with E-state index in [0.29, 0.717) is 19.1 Å². The molecule has 0 aromatic heterocycles. The lowest BCUT2D eigenvalue weighted by atomic mass is 10.2. The Bertz CT molecular complexity index is 181. The number of nitrogens with one attached hydrogen (secondary N) is 1. The molecule has 2 unspecified atom stereocenters. The molecule has 4 N–H and O–H groups in total. The number of nitrogens with two attached hydrogens (primary N) is 1. The van der Waals surface area contributed by atoms with E-state index in [4.69, 9.17) is 15.6 Å². The van der Waals surface area contributed by atoms with Crippen molar-refractivity contribution >= 4 is 5.97 Å². The van der Waals surface area contributed by atoms with Crippen LogP contribution in [0.1, 0.15) is 19.3 Å². The predicted molar refractivity (Wildman–Crippen MR) is 52.1 cm³/mol. The molecule has 1 rings (SSSR count). The number of carbonyl (C=O) groups is 1. The largest absolute Gasteiger partial charge is 0.480 e. The van der Waals surface area contributed by atoms with Crippen LogP contribution in [0.5, 0.6) is 0 Å². The molecule has 14 heavy (non-hydrogen) atoms. The Kier molecular flexibility index (Phi) is 4.86. The minimum Gasteiger partial charge on any atom is -0.480 e. The van der Waals surface area contributed by atoms with E-state index >= 15 is 0 Å². The summed E-state index contributed by atoms with van der Waals surface area (Å²) in [7, 11) is 0. The minimum absolute atomic E-state index is 0.302. The van der Waals surface area contributed by atoms with Crippen molar-refractivity contribution in [3.63, 3.8) is 0 Å². The van der Waals surface area contributed by atoms with E-state index in [1.54, 1.807) is 0 Å². The first kappa shape index (κ1) is 11.4. The Morgan fingerprint density at radius 2 is 2.50 bits per heavy atom. The van der Waals surface area contributed by atoms with Gasteiger partial charge in [0, 0.05) is 13.2 Å². The van der Waals surface area contributed by atoms with Crippen molar-refractivity contribution < 1.29 is 14.6 Å². The maximum atomic E-state index is 10.4. The van der Waals surface area contributed by atoms with E-state index in [9.17, 15) is 4.79 Å². The van der Waals surface area contributed by atoms with Crippen LogP contribution in [0.4, 0.5) is 0 Å². The highest BCUT2D eigenvalue weighted by atomic mass is 16.5. The van der Waals surface area contributed by atoms with Crippen LogP contribution in [0, 0.1) is 0 Å². The van der Waals surface area contributed by atoms with Gasteiger partial charge in [-0.25, -0.2) is 0 Å². The fourth-order valence-corrected chi connectivity index (χ4v) is 1.45. The first-order valence-corrected chi connectivity index (χ1v) is 5.01. The predicted octanol–water partition coefficient (Wildman–Crippen LogP) is -0.443. The lowest BCUT2D eigenvalue weighted by molar-refractivity contribution is -0.138. The van der Waals surface area contributed by atoms with Crippen molar-refractivity contribution in [2.45, 2.75) is 31.4 Å². The highest BCUT2D eigenvalue weighted by Crippen LogP contribution is 2.10. The number of hydrogen-bond acceptors (Lipinski definition) is 4. The maximum Gasteiger partial charge on any atom is 0.320 e. The second-order valence-corrected chi connectivity index (χ2v) is 3.57. The highest BCUT2D eigenvalue weighted by Gasteiger charge is 2.15. The summed E-state index contributed by atoms with van der Waals surface area (Å²) in [6.07, 6.45) is 2.98. The second kappa shape index (κ2) is 5.95. The van der Waals surface area contributed by atoms with Crippen LogP contribution in [0.2, 0.25) is 0 Å². The molecular formula is C9H18N2O3. The lowest BCUT2D eigenvalue weighted by Crippen LogP contribution is -2.35. The van der Waals surface area contributed by atoms with Crippen molar-refractivity contribution in [3.05, 3.63) is 0 Å². The number of hydrogen-bond donors (Lipinski definition) is 3. The summed E-state index contributed by atoms with van der Waals surface area (Å²) in [6, 6.07) is -0.757. The standard InChI is InChI=1S/C9H18N2O3/c10-8(9(12)13)3-4-11-6-7-2-1-5-14-7/h7-8,11H,1-6,10H2,(H,12,13). The van der Waals surface area contributed by atoms with Crippen LogP contribution >= 0.6 is 0 Å². The van der Waals surface area contributed by atoms with Crippen molar-refractivity contribution in [1.29, 1.82) is 0 Å². The molecular weight excluding hydrogens is 184 g/mol. The van der Waals surface area contributed by atoms with Crippen LogP contribution < -0.4 is 11.1 Å². The Morgan fingerprint density at radius 1 is 1.71 bits per heavy atom. The highest BCUT2D eigenvalue weighted by molar-refractivity contribution is 5.72. The molecule has 0 radical (unpaired) electrons. The Morgan fingerprint density at radius 3 is 3.07 bits per heavy atom. The zero-order valence-corrected chi connectivity index (χ0v) is 8.24. The number of carboxylic acid groups (broad SMARTS) is 1. The SMILES string of the molecule is NC(CCNCC1CCCO1)C(=O)O. The molecule has 0 bridgehead atoms. The van der Waals surface area contributed by atoms with Crippen LogP contribution in [-0.2, 0) is 9.53 Å². The smallest absolute Gasteiger partial charge is 0.320 e. The summed E-state index contributed by atoms with van der Waals surface area (Å²) in [5.41, 5.74) is 5.34. The first-order valence-electron chi connectivity index (χ1n) is 5.01. The fraction of sp³-hybridized carbons (Fsp3) is 0.889. The van der Waals surface area contributed by atoms with Gasteiger partial charge in [0.2, 0.25) is 0 Å². The topological polar surface area (TPSA) is 84.6 Å². The summed E-state index contributed by atoms with van der Waals surface area (Å²) in [5, 5.41) is 11.7. The van der Waals surface area contributed by atoms with Gasteiger partial charge in [0.15, 0.2) is 0 Å². The van der Waals surface area contributed by atoms with E-state index < -0.39 is 12.0 Å². The summed E-state index contributed by atoms with van der Waals surface area (Å²) in [4.78, 5) is 10.4. The molecule has 1 heterocycles. The molecule has 82 valence electrons. The molecule has 0 amide bonds. The van der Waals surface area contributed by atoms with Crippen LogP contribution in [-0.4, -0.2) is 42.9 Å². The summed E-state index contributed by atoms with van der Waals surface area (Å²) < 4.78 is 5.40. The number of carboxylic acids is 1. The summed E-state index contributed by atoms with van der Waals surface area (Å²) in [5.74, 6) is -0.941. The monoisotopic (exact) mass is 202 g/mol. The van der Waals surface area contributed by atoms with Gasteiger partial charge in [0.25, 0.3) is 0 Å². The van der Waals surface area contributed by atoms with E-state index in [0.717, 1.165) is 26.0 Å². The summed E-state index contributed by atoms with van der Waals surface area (Å²) in [6.45, 7) is 2.28. The molecule has 0 aromatic rings. The number of rotatable bonds is 6. The molecule has 5 nitrogen and oxygen atoms in total. The summed E-state index contributed by atoms with van der Waals surface area (Å²) >= 11 is 0. The molecule has 2 atom stereocenters. The maximum absolute atomic E-state index is 10.4. The van der Waals surface area contributed by atoms with Crippen LogP contribution in [0.25, 0.3) is 0 Å². The second-order valence-electron chi connectivity index (χ2n) is 3.57. The fourth-order valence-electron chi connectivity index (χ4n) is 1.45. The normalized spacial score (nSPS) is 23.6. The molecule has 0 spiro atoms. The van der Waals surface area contributed by atoms with Gasteiger partial charge < -0.3 is 20.9 Å². The molecule has 1 fully saturated rings. The molecule has 1 aliphatic heterocycles. The molecule has 1 saturated heterocycles. The quantitative estimate of drug-likeness (QED) is 0.508. The Hall–Kier alpha value is -0.650. The van der Waals surface area contributed by atoms with E-state index in [-0.39, 0.29) is 0 Å². The third-order valence-corrected chi connectivity index (χ3v) is 2.35. The van der Waals surface area contributed by atoms with Crippen molar-refractivity contribution in [2.75, 3.05) is 19.7 Å².